The zero-order valence-electron chi connectivity index (χ0n) is 16.7. The number of carbonyl (C=O) groups is 1. The van der Waals surface area contributed by atoms with Gasteiger partial charge in [-0.25, -0.2) is 4.98 Å². The number of fused-ring (bicyclic) bond motifs is 1. The molecule has 2 N–H and O–H groups in total. The molecule has 6 heteroatoms. The van der Waals surface area contributed by atoms with Gasteiger partial charge in [-0.05, 0) is 49.1 Å². The number of hydrogen-bond donors (Lipinski definition) is 2. The molecule has 2 aromatic carbocycles. The molecule has 0 spiro atoms. The molecule has 0 aliphatic rings. The van der Waals surface area contributed by atoms with E-state index < -0.39 is 0 Å². The first-order valence-corrected chi connectivity index (χ1v) is 10.1. The molecule has 3 aromatic rings. The Morgan fingerprint density at radius 3 is 2.69 bits per heavy atom. The number of aryl methyl sites for hydroxylation is 1. The maximum Gasteiger partial charge on any atom is 0.305 e. The number of nitrogens with one attached hydrogen (secondary N) is 2. The summed E-state index contributed by atoms with van der Waals surface area (Å²) in [5, 5.41) is 3.78. The van der Waals surface area contributed by atoms with Crippen molar-refractivity contribution in [2.24, 2.45) is 0 Å². The number of benzene rings is 2. The number of anilines is 2. The van der Waals surface area contributed by atoms with Crippen molar-refractivity contribution in [3.63, 3.8) is 0 Å². The summed E-state index contributed by atoms with van der Waals surface area (Å²) >= 11 is 0. The van der Waals surface area contributed by atoms with E-state index in [-0.39, 0.29) is 11.5 Å². The summed E-state index contributed by atoms with van der Waals surface area (Å²) in [7, 11) is 1.43. The highest BCUT2D eigenvalue weighted by molar-refractivity contribution is 5.78. The smallest absolute Gasteiger partial charge is 0.305 e. The number of nitrogens with zero attached hydrogens (tertiary/aromatic N) is 1. The largest absolute Gasteiger partial charge is 0.469 e. The van der Waals surface area contributed by atoms with Crippen LogP contribution in [0, 0.1) is 0 Å². The van der Waals surface area contributed by atoms with Gasteiger partial charge in [0.25, 0.3) is 5.56 Å². The second kappa shape index (κ2) is 10.4. The lowest BCUT2D eigenvalue weighted by molar-refractivity contribution is -0.140. The minimum Gasteiger partial charge on any atom is -0.469 e. The number of ether oxygens (including phenoxy) is 1. The van der Waals surface area contributed by atoms with Crippen molar-refractivity contribution in [1.29, 1.82) is 0 Å². The molecule has 0 aliphatic carbocycles. The number of unbranched alkanes of at least 4 members (excludes halogenated alkanes) is 4. The van der Waals surface area contributed by atoms with Crippen LogP contribution in [0.4, 0.5) is 11.6 Å². The van der Waals surface area contributed by atoms with E-state index in [4.69, 9.17) is 0 Å². The number of methoxy groups -OCH3 is 1. The Balaban J connectivity index is 1.50. The Bertz CT molecular complexity index is 1010. The Hall–Kier alpha value is -3.15. The molecule has 0 unspecified atom stereocenters. The van der Waals surface area contributed by atoms with Crippen LogP contribution < -0.4 is 10.9 Å². The predicted octanol–water partition coefficient (Wildman–Crippen LogP) is 4.72. The number of carbonyl (C=O) groups excluding carboxylic acids is 1. The second-order valence-corrected chi connectivity index (χ2v) is 7.10. The van der Waals surface area contributed by atoms with Crippen LogP contribution in [0.1, 0.15) is 44.1 Å². The third kappa shape index (κ3) is 6.17. The van der Waals surface area contributed by atoms with Gasteiger partial charge in [0, 0.05) is 12.1 Å². The zero-order valence-corrected chi connectivity index (χ0v) is 16.7. The van der Waals surface area contributed by atoms with E-state index in [1.807, 2.05) is 30.3 Å². The van der Waals surface area contributed by atoms with Gasteiger partial charge >= 0.3 is 5.97 Å². The number of para-hydroxylation sites is 1. The topological polar surface area (TPSA) is 84.1 Å². The standard InChI is InChI=1S/C23H27N3O3/c1-29-21(27)15-6-4-2-3-5-10-17-11-9-12-18(16-17)24-23-25-20-14-8-7-13-19(20)22(28)26-23/h7-9,11-14,16H,2-6,10,15H2,1H3,(H2,24,25,26,28). The zero-order chi connectivity index (χ0) is 20.5. The van der Waals surface area contributed by atoms with Gasteiger partial charge in [0.05, 0.1) is 18.0 Å². The van der Waals surface area contributed by atoms with Crippen molar-refractivity contribution in [2.75, 3.05) is 12.4 Å². The first kappa shape index (κ1) is 20.6. The molecule has 0 saturated heterocycles. The van der Waals surface area contributed by atoms with Gasteiger partial charge in [0.1, 0.15) is 0 Å². The van der Waals surface area contributed by atoms with Crippen molar-refractivity contribution in [3.05, 3.63) is 64.4 Å². The maximum atomic E-state index is 12.2. The highest BCUT2D eigenvalue weighted by Gasteiger charge is 2.04. The molecular formula is C23H27N3O3. The molecule has 1 aromatic heterocycles. The number of hydrogen-bond acceptors (Lipinski definition) is 5. The average Bonchev–Trinajstić information content (AvgIpc) is 2.73. The van der Waals surface area contributed by atoms with E-state index in [1.54, 1.807) is 6.07 Å². The Morgan fingerprint density at radius 2 is 1.83 bits per heavy atom. The highest BCUT2D eigenvalue weighted by Crippen LogP contribution is 2.18. The molecule has 0 aliphatic heterocycles. The third-order valence-corrected chi connectivity index (χ3v) is 4.88. The van der Waals surface area contributed by atoms with Gasteiger partial charge in [-0.2, -0.15) is 0 Å². The number of aromatic nitrogens is 2. The molecule has 152 valence electrons. The highest BCUT2D eigenvalue weighted by atomic mass is 16.5. The van der Waals surface area contributed by atoms with Crippen LogP contribution in [0.3, 0.4) is 0 Å². The van der Waals surface area contributed by atoms with Gasteiger partial charge in [0.2, 0.25) is 5.95 Å². The maximum absolute atomic E-state index is 12.2. The monoisotopic (exact) mass is 393 g/mol. The van der Waals surface area contributed by atoms with Crippen molar-refractivity contribution < 1.29 is 9.53 Å². The van der Waals surface area contributed by atoms with Crippen molar-refractivity contribution in [1.82, 2.24) is 9.97 Å². The fourth-order valence-corrected chi connectivity index (χ4v) is 3.32. The SMILES string of the molecule is COC(=O)CCCCCCCc1cccc(Nc2nc3ccccc3c(=O)[nH]2)c1. The lowest BCUT2D eigenvalue weighted by Crippen LogP contribution is -2.11. The number of esters is 1. The van der Waals surface area contributed by atoms with Crippen LogP contribution in [0.15, 0.2) is 53.3 Å². The molecule has 0 amide bonds. The van der Waals surface area contributed by atoms with Crippen molar-refractivity contribution in [2.45, 2.75) is 44.9 Å². The molecular weight excluding hydrogens is 366 g/mol. The molecule has 0 saturated carbocycles. The van der Waals surface area contributed by atoms with Gasteiger partial charge < -0.3 is 10.1 Å². The van der Waals surface area contributed by atoms with Crippen LogP contribution >= 0.6 is 0 Å². The number of H-pyrrole nitrogens is 1. The Labute approximate surface area is 170 Å². The predicted molar refractivity (Wildman–Crippen MR) is 116 cm³/mol. The van der Waals surface area contributed by atoms with Crippen LogP contribution in [0.2, 0.25) is 0 Å². The van der Waals surface area contributed by atoms with Gasteiger partial charge in [-0.15, -0.1) is 0 Å². The summed E-state index contributed by atoms with van der Waals surface area (Å²) in [6, 6.07) is 15.5. The normalized spacial score (nSPS) is 10.8. The first-order chi connectivity index (χ1) is 14.2. The minimum atomic E-state index is -0.151. The van der Waals surface area contributed by atoms with Crippen molar-refractivity contribution in [3.8, 4) is 0 Å². The van der Waals surface area contributed by atoms with E-state index in [9.17, 15) is 9.59 Å². The fourth-order valence-electron chi connectivity index (χ4n) is 3.32. The molecule has 0 bridgehead atoms. The number of rotatable bonds is 10. The van der Waals surface area contributed by atoms with Crippen LogP contribution in [0.5, 0.6) is 0 Å². The molecule has 29 heavy (non-hydrogen) atoms. The second-order valence-electron chi connectivity index (χ2n) is 7.10. The molecule has 3 rings (SSSR count). The lowest BCUT2D eigenvalue weighted by Gasteiger charge is -2.08. The first-order valence-electron chi connectivity index (χ1n) is 10.1. The number of aromatic amines is 1. The average molecular weight is 393 g/mol. The van der Waals surface area contributed by atoms with E-state index >= 15 is 0 Å². The third-order valence-electron chi connectivity index (χ3n) is 4.88. The van der Waals surface area contributed by atoms with Gasteiger partial charge in [-0.3, -0.25) is 14.6 Å². The van der Waals surface area contributed by atoms with E-state index in [0.29, 0.717) is 23.3 Å². The molecule has 1 heterocycles. The van der Waals surface area contributed by atoms with E-state index in [2.05, 4.69) is 32.2 Å². The van der Waals surface area contributed by atoms with Crippen LogP contribution in [-0.2, 0) is 16.0 Å². The molecule has 0 fully saturated rings. The fraction of sp³-hybridized carbons (Fsp3) is 0.348. The summed E-state index contributed by atoms with van der Waals surface area (Å²) in [6.07, 6.45) is 6.81. The van der Waals surface area contributed by atoms with Gasteiger partial charge in [0.15, 0.2) is 0 Å². The molecule has 0 radical (unpaired) electrons. The van der Waals surface area contributed by atoms with Crippen LogP contribution in [0.25, 0.3) is 10.9 Å². The van der Waals surface area contributed by atoms with E-state index in [1.165, 1.54) is 12.7 Å². The summed E-state index contributed by atoms with van der Waals surface area (Å²) in [6.45, 7) is 0. The lowest BCUT2D eigenvalue weighted by atomic mass is 10.0. The van der Waals surface area contributed by atoms with Crippen molar-refractivity contribution >= 4 is 28.5 Å². The summed E-state index contributed by atoms with van der Waals surface area (Å²) < 4.78 is 4.65. The minimum absolute atomic E-state index is 0.128. The Morgan fingerprint density at radius 1 is 1.03 bits per heavy atom. The van der Waals surface area contributed by atoms with Crippen LogP contribution in [-0.4, -0.2) is 23.0 Å². The van der Waals surface area contributed by atoms with Gasteiger partial charge in [-0.1, -0.05) is 43.5 Å². The molecule has 6 nitrogen and oxygen atoms in total. The molecule has 0 atom stereocenters. The summed E-state index contributed by atoms with van der Waals surface area (Å²) in [4.78, 5) is 30.6. The quantitative estimate of drug-likeness (QED) is 0.384. The summed E-state index contributed by atoms with van der Waals surface area (Å²) in [5.74, 6) is 0.313. The Kier molecular flexibility index (Phi) is 7.39. The van der Waals surface area contributed by atoms with E-state index in [0.717, 1.165) is 44.2 Å². The summed E-state index contributed by atoms with van der Waals surface area (Å²) in [5.41, 5.74) is 2.66.